The number of anilines is 1. The molecule has 0 spiro atoms. The van der Waals surface area contributed by atoms with Gasteiger partial charge in [-0.3, -0.25) is 39.3 Å². The van der Waals surface area contributed by atoms with Crippen molar-refractivity contribution in [1.82, 2.24) is 40.3 Å². The van der Waals surface area contributed by atoms with Gasteiger partial charge in [0.05, 0.1) is 27.6 Å². The Morgan fingerprint density at radius 1 is 1.04 bits per heavy atom. The van der Waals surface area contributed by atoms with Gasteiger partial charge in [0.25, 0.3) is 11.8 Å². The molecule has 17 nitrogen and oxygen atoms in total. The van der Waals surface area contributed by atoms with Crippen LogP contribution < -0.4 is 20.3 Å². The number of hydrogen-bond acceptors (Lipinski definition) is 14. The number of nitrogens with one attached hydrogen (secondary N) is 2. The van der Waals surface area contributed by atoms with Crippen LogP contribution in [0.25, 0.3) is 32.9 Å². The molecule has 0 aliphatic carbocycles. The Bertz CT molecular complexity index is 3200. The molecule has 0 saturated carbocycles. The highest BCUT2D eigenvalue weighted by molar-refractivity contribution is 6.24. The molecular weight excluding hydrogens is 929 g/mol. The molecule has 19 heteroatoms. The molecule has 370 valence electrons. The Hall–Kier alpha value is -7.56. The van der Waals surface area contributed by atoms with E-state index in [1.165, 1.54) is 35.4 Å². The van der Waals surface area contributed by atoms with E-state index in [2.05, 4.69) is 42.9 Å². The number of piperidine rings is 1. The topological polar surface area (TPSA) is 200 Å². The molecule has 8 heterocycles. The Morgan fingerprint density at radius 2 is 1.85 bits per heavy atom. The monoisotopic (exact) mass is 979 g/mol. The van der Waals surface area contributed by atoms with Crippen molar-refractivity contribution in [3.8, 4) is 35.4 Å². The number of aromatic nitrogens is 3. The zero-order valence-electron chi connectivity index (χ0n) is 39.5. The van der Waals surface area contributed by atoms with Gasteiger partial charge in [-0.2, -0.15) is 9.97 Å². The number of amides is 5. The average molecular weight is 980 g/mol. The van der Waals surface area contributed by atoms with Crippen molar-refractivity contribution in [3.63, 3.8) is 0 Å². The fourth-order valence-corrected chi connectivity index (χ4v) is 11.9. The largest absolute Gasteiger partial charge is 0.508 e. The summed E-state index contributed by atoms with van der Waals surface area (Å²) >= 11 is 0. The van der Waals surface area contributed by atoms with Gasteiger partial charge in [-0.1, -0.05) is 36.3 Å². The molecule has 5 saturated heterocycles. The lowest BCUT2D eigenvalue weighted by atomic mass is 9.94. The van der Waals surface area contributed by atoms with E-state index in [1.807, 2.05) is 0 Å². The number of phenols is 1. The minimum absolute atomic E-state index is 0.0249. The molecule has 11 rings (SSSR count). The van der Waals surface area contributed by atoms with Crippen molar-refractivity contribution >= 4 is 57.2 Å². The van der Waals surface area contributed by atoms with Crippen LogP contribution in [0.4, 0.5) is 19.4 Å². The summed E-state index contributed by atoms with van der Waals surface area (Å²) in [5.74, 6) is -1.08. The number of nitrogens with zero attached hydrogens (tertiary/aromatic N) is 7. The molecule has 2 aromatic heterocycles. The number of piperazine rings is 1. The van der Waals surface area contributed by atoms with E-state index in [-0.39, 0.29) is 94.8 Å². The predicted octanol–water partition coefficient (Wildman–Crippen LogP) is 5.40. The third-order valence-electron chi connectivity index (χ3n) is 15.3. The lowest BCUT2D eigenvalue weighted by molar-refractivity contribution is -0.136. The van der Waals surface area contributed by atoms with Crippen LogP contribution in [-0.2, 0) is 20.7 Å². The molecule has 5 aromatic rings. The number of phenolic OH excluding ortho intramolecular Hbond substituents is 1. The first-order valence-electron chi connectivity index (χ1n) is 24.3. The van der Waals surface area contributed by atoms with Crippen molar-refractivity contribution in [2.24, 2.45) is 0 Å². The highest BCUT2D eigenvalue weighted by Crippen LogP contribution is 2.45. The SMILES string of the molecule is C#Cc1c(F)ccc2cc(O)cc(-c3ncc4c(N5CC6CCC(C5)N6)nc(OC[C@@]56CC[C@@H](COC(=O)N(C)CCCc7cccc8c7C(=O)N(C7CCC(=O)NC7=O)C8=O)N5CC(=C)C6)nc4c3F)c12. The lowest BCUT2D eigenvalue weighted by Gasteiger charge is -2.35. The number of rotatable bonds is 12. The van der Waals surface area contributed by atoms with Gasteiger partial charge in [0.1, 0.15) is 47.9 Å². The molecule has 3 N–H and O–H groups in total. The Kier molecular flexibility index (Phi) is 11.9. The fraction of sp³-hybridized carbons (Fsp3) is 0.396. The molecule has 5 atom stereocenters. The van der Waals surface area contributed by atoms with Gasteiger partial charge < -0.3 is 29.7 Å². The number of hydrogen-bond donors (Lipinski definition) is 3. The number of carbonyl (C=O) groups excluding carboxylic acids is 5. The van der Waals surface area contributed by atoms with Gasteiger partial charge >= 0.3 is 12.1 Å². The summed E-state index contributed by atoms with van der Waals surface area (Å²) in [6.45, 7) is 6.66. The van der Waals surface area contributed by atoms with E-state index in [4.69, 9.17) is 20.9 Å². The second kappa shape index (κ2) is 18.2. The molecule has 2 bridgehead atoms. The normalized spacial score (nSPS) is 23.7. The first-order valence-corrected chi connectivity index (χ1v) is 24.3. The quantitative estimate of drug-likeness (QED) is 0.0816. The first kappa shape index (κ1) is 46.8. The van der Waals surface area contributed by atoms with E-state index in [0.29, 0.717) is 80.4 Å². The van der Waals surface area contributed by atoms with Crippen molar-refractivity contribution < 1.29 is 47.3 Å². The number of carbonyl (C=O) groups is 5. The number of aryl methyl sites for hydroxylation is 1. The zero-order valence-corrected chi connectivity index (χ0v) is 39.5. The van der Waals surface area contributed by atoms with E-state index in [9.17, 15) is 29.1 Å². The molecular formula is C53H51F2N9O8. The Balaban J connectivity index is 0.781. The van der Waals surface area contributed by atoms with E-state index in [1.54, 1.807) is 25.2 Å². The molecule has 5 fully saturated rings. The number of ether oxygens (including phenoxy) is 2. The van der Waals surface area contributed by atoms with Crippen LogP contribution in [0.3, 0.4) is 0 Å². The van der Waals surface area contributed by atoms with Crippen LogP contribution in [0, 0.1) is 24.0 Å². The first-order chi connectivity index (χ1) is 34.7. The lowest BCUT2D eigenvalue weighted by Crippen LogP contribution is -2.54. The highest BCUT2D eigenvalue weighted by Gasteiger charge is 2.52. The summed E-state index contributed by atoms with van der Waals surface area (Å²) in [6.07, 6.45) is 11.6. The van der Waals surface area contributed by atoms with Crippen LogP contribution in [0.1, 0.15) is 83.2 Å². The summed E-state index contributed by atoms with van der Waals surface area (Å²) < 4.78 is 44.8. The van der Waals surface area contributed by atoms with Crippen LogP contribution in [0.2, 0.25) is 0 Å². The van der Waals surface area contributed by atoms with Crippen LogP contribution in [0.5, 0.6) is 11.8 Å². The predicted molar refractivity (Wildman–Crippen MR) is 259 cm³/mol. The summed E-state index contributed by atoms with van der Waals surface area (Å²) in [4.78, 5) is 85.5. The number of terminal acetylenes is 1. The molecule has 72 heavy (non-hydrogen) atoms. The van der Waals surface area contributed by atoms with E-state index in [0.717, 1.165) is 23.3 Å². The van der Waals surface area contributed by atoms with Crippen molar-refractivity contribution in [2.45, 2.75) is 87.5 Å². The Labute approximate surface area is 412 Å². The van der Waals surface area contributed by atoms with Crippen LogP contribution >= 0.6 is 0 Å². The summed E-state index contributed by atoms with van der Waals surface area (Å²) in [5.41, 5.74) is 1.29. The van der Waals surface area contributed by atoms with Gasteiger partial charge in [0, 0.05) is 74.9 Å². The number of imide groups is 2. The van der Waals surface area contributed by atoms with Gasteiger partial charge in [-0.25, -0.2) is 13.6 Å². The Morgan fingerprint density at radius 3 is 2.62 bits per heavy atom. The molecule has 6 aliphatic rings. The van der Waals surface area contributed by atoms with Gasteiger partial charge in [0.2, 0.25) is 11.8 Å². The minimum atomic E-state index is -1.07. The molecule has 6 aliphatic heterocycles. The molecule has 3 aromatic carbocycles. The maximum absolute atomic E-state index is 17.2. The number of halogens is 2. The van der Waals surface area contributed by atoms with Crippen molar-refractivity contribution in [2.75, 3.05) is 51.3 Å². The van der Waals surface area contributed by atoms with Gasteiger partial charge in [-0.15, -0.1) is 6.42 Å². The second-order valence-corrected chi connectivity index (χ2v) is 19.9. The third kappa shape index (κ3) is 8.11. The van der Waals surface area contributed by atoms with Crippen LogP contribution in [-0.4, -0.2) is 141 Å². The summed E-state index contributed by atoms with van der Waals surface area (Å²) in [6, 6.07) is 9.59. The van der Waals surface area contributed by atoms with Gasteiger partial charge in [0.15, 0.2) is 5.82 Å². The average Bonchev–Trinajstić information content (AvgIpc) is 4.07. The summed E-state index contributed by atoms with van der Waals surface area (Å²) in [5, 5.41) is 17.6. The fourth-order valence-electron chi connectivity index (χ4n) is 11.9. The number of benzene rings is 3. The molecule has 0 radical (unpaired) electrons. The molecule has 3 unspecified atom stereocenters. The van der Waals surface area contributed by atoms with Crippen molar-refractivity contribution in [3.05, 3.63) is 94.7 Å². The number of fused-ring (bicyclic) bond motifs is 6. The third-order valence-corrected chi connectivity index (χ3v) is 15.3. The van der Waals surface area contributed by atoms with E-state index < -0.39 is 52.9 Å². The minimum Gasteiger partial charge on any atom is -0.508 e. The van der Waals surface area contributed by atoms with Gasteiger partial charge in [-0.05, 0) is 86.6 Å². The maximum atomic E-state index is 17.2. The highest BCUT2D eigenvalue weighted by atomic mass is 19.1. The molecule has 5 amide bonds. The zero-order chi connectivity index (χ0) is 50.2. The second-order valence-electron chi connectivity index (χ2n) is 19.9. The smallest absolute Gasteiger partial charge is 0.409 e. The number of aromatic hydroxyl groups is 1. The maximum Gasteiger partial charge on any atom is 0.409 e. The number of pyridine rings is 1. The van der Waals surface area contributed by atoms with Crippen molar-refractivity contribution in [1.29, 1.82) is 0 Å². The standard InChI is InChI=1S/C53H51F2N9O8/c1-4-35-39(54)13-10-30-19-34(65)20-37(42(30)35)45-44(55)46-38(22-56-45)47(62-24-31-11-12-32(25-62)57-31)60-51(59-46)72-27-53-17-16-33(63(53)23-28(2)21-53)26-71-52(70)61(3)18-6-8-29-7-5-9-36-43(29)50(69)64(49(36)68)40-14-15-41(66)58-48(40)67/h1,5,7,9-10,13,19-20,22,31-33,40,57,65H,2,6,8,11-12,14-18,21,23-27H2,3H3,(H,58,66,67)/t31?,32?,33-,40?,53-/m0/s1. The van der Waals surface area contributed by atoms with E-state index >= 15 is 8.78 Å². The van der Waals surface area contributed by atoms with Crippen LogP contribution in [0.15, 0.2) is 60.8 Å². The summed E-state index contributed by atoms with van der Waals surface area (Å²) in [7, 11) is 1.63.